The van der Waals surface area contributed by atoms with Gasteiger partial charge in [-0.25, -0.2) is 9.97 Å². The molecule has 4 aromatic rings. The predicted octanol–water partition coefficient (Wildman–Crippen LogP) is 5.59. The van der Waals surface area contributed by atoms with E-state index in [1.54, 1.807) is 49.6 Å². The number of aromatic nitrogens is 4. The molecule has 10 heteroatoms. The van der Waals surface area contributed by atoms with Gasteiger partial charge in [0.1, 0.15) is 22.9 Å². The van der Waals surface area contributed by atoms with E-state index in [1.807, 2.05) is 30.8 Å². The van der Waals surface area contributed by atoms with Gasteiger partial charge in [0.2, 0.25) is 5.95 Å². The first-order valence-corrected chi connectivity index (χ1v) is 11.2. The van der Waals surface area contributed by atoms with E-state index in [-0.39, 0.29) is 11.9 Å². The van der Waals surface area contributed by atoms with Crippen molar-refractivity contribution in [2.45, 2.75) is 19.9 Å². The van der Waals surface area contributed by atoms with Crippen LogP contribution < -0.4 is 20.1 Å². The van der Waals surface area contributed by atoms with Gasteiger partial charge in [-0.05, 0) is 62.4 Å². The van der Waals surface area contributed by atoms with Crippen LogP contribution >= 0.6 is 11.6 Å². The van der Waals surface area contributed by atoms with Crippen LogP contribution in [0, 0.1) is 0 Å². The maximum Gasteiger partial charge on any atom is 0.255 e. The van der Waals surface area contributed by atoms with Crippen molar-refractivity contribution in [3.05, 3.63) is 71.5 Å². The smallest absolute Gasteiger partial charge is 0.255 e. The van der Waals surface area contributed by atoms with Crippen molar-refractivity contribution in [1.29, 1.82) is 0 Å². The minimum Gasteiger partial charge on any atom is -0.497 e. The van der Waals surface area contributed by atoms with Gasteiger partial charge in [-0.2, -0.15) is 5.10 Å². The molecule has 0 aliphatic carbocycles. The molecule has 0 bridgehead atoms. The summed E-state index contributed by atoms with van der Waals surface area (Å²) >= 11 is 6.34. The SMILES string of the molecule is COc1ccc(NC(=O)c2ccc(Nc3ncc(Cl)c(-c4ccn(C(C)C)n4)n3)c(OC)c2)cc1. The Morgan fingerprint density at radius 3 is 2.49 bits per heavy atom. The third-order valence-corrected chi connectivity index (χ3v) is 5.46. The summed E-state index contributed by atoms with van der Waals surface area (Å²) < 4.78 is 12.5. The average molecular weight is 493 g/mol. The molecule has 4 rings (SSSR count). The van der Waals surface area contributed by atoms with Crippen molar-refractivity contribution >= 4 is 34.8 Å². The molecule has 2 aromatic carbocycles. The number of nitrogens with zero attached hydrogens (tertiary/aromatic N) is 4. The highest BCUT2D eigenvalue weighted by Gasteiger charge is 2.15. The second-order valence-electron chi connectivity index (χ2n) is 7.89. The number of amides is 1. The molecule has 9 nitrogen and oxygen atoms in total. The van der Waals surface area contributed by atoms with Crippen LogP contribution in [0.3, 0.4) is 0 Å². The molecule has 0 fully saturated rings. The fraction of sp³-hybridized carbons (Fsp3) is 0.200. The van der Waals surface area contributed by atoms with Crippen LogP contribution in [0.5, 0.6) is 11.5 Å². The van der Waals surface area contributed by atoms with Crippen LogP contribution in [-0.4, -0.2) is 39.9 Å². The van der Waals surface area contributed by atoms with Crippen molar-refractivity contribution in [3.8, 4) is 22.9 Å². The summed E-state index contributed by atoms with van der Waals surface area (Å²) in [5.74, 6) is 1.21. The number of methoxy groups -OCH3 is 2. The van der Waals surface area contributed by atoms with Crippen LogP contribution in [0.1, 0.15) is 30.2 Å². The highest BCUT2D eigenvalue weighted by molar-refractivity contribution is 6.32. The zero-order valence-corrected chi connectivity index (χ0v) is 20.5. The van der Waals surface area contributed by atoms with Crippen molar-refractivity contribution in [2.24, 2.45) is 0 Å². The molecule has 35 heavy (non-hydrogen) atoms. The molecule has 0 saturated heterocycles. The van der Waals surface area contributed by atoms with Gasteiger partial charge in [0.15, 0.2) is 0 Å². The standard InChI is InChI=1S/C25H25ClN6O3/c1-15(2)32-12-11-21(31-32)23-19(26)14-27-25(30-23)29-20-10-5-16(13-22(20)35-4)24(33)28-17-6-8-18(34-3)9-7-17/h5-15H,1-4H3,(H,28,33)(H,27,29,30). The lowest BCUT2D eigenvalue weighted by Gasteiger charge is -2.13. The molecule has 2 N–H and O–H groups in total. The van der Waals surface area contributed by atoms with E-state index in [4.69, 9.17) is 21.1 Å². The highest BCUT2D eigenvalue weighted by atomic mass is 35.5. The molecule has 0 radical (unpaired) electrons. The number of benzene rings is 2. The Kier molecular flexibility index (Phi) is 7.17. The van der Waals surface area contributed by atoms with Gasteiger partial charge in [-0.1, -0.05) is 11.6 Å². The third-order valence-electron chi connectivity index (χ3n) is 5.18. The predicted molar refractivity (Wildman–Crippen MR) is 136 cm³/mol. The highest BCUT2D eigenvalue weighted by Crippen LogP contribution is 2.30. The summed E-state index contributed by atoms with van der Waals surface area (Å²) in [5, 5.41) is 10.9. The first kappa shape index (κ1) is 24.0. The van der Waals surface area contributed by atoms with E-state index in [0.29, 0.717) is 50.8 Å². The second kappa shape index (κ2) is 10.4. The van der Waals surface area contributed by atoms with Crippen molar-refractivity contribution in [2.75, 3.05) is 24.9 Å². The van der Waals surface area contributed by atoms with Gasteiger partial charge >= 0.3 is 0 Å². The minimum absolute atomic E-state index is 0.214. The van der Waals surface area contributed by atoms with Crippen molar-refractivity contribution in [3.63, 3.8) is 0 Å². The van der Waals surface area contributed by atoms with Crippen LogP contribution in [0.4, 0.5) is 17.3 Å². The monoisotopic (exact) mass is 492 g/mol. The third kappa shape index (κ3) is 5.52. The summed E-state index contributed by atoms with van der Waals surface area (Å²) in [6.07, 6.45) is 3.40. The topological polar surface area (TPSA) is 103 Å². The first-order valence-electron chi connectivity index (χ1n) is 10.9. The summed E-state index contributed by atoms with van der Waals surface area (Å²) in [6, 6.07) is 14.2. The maximum absolute atomic E-state index is 12.7. The number of rotatable bonds is 8. The van der Waals surface area contributed by atoms with E-state index in [1.165, 1.54) is 13.3 Å². The van der Waals surface area contributed by atoms with Gasteiger partial charge in [0.25, 0.3) is 5.91 Å². The molecular formula is C25H25ClN6O3. The molecule has 0 unspecified atom stereocenters. The molecule has 0 spiro atoms. The number of carbonyl (C=O) groups excluding carboxylic acids is 1. The maximum atomic E-state index is 12.7. The largest absolute Gasteiger partial charge is 0.497 e. The van der Waals surface area contributed by atoms with E-state index < -0.39 is 0 Å². The zero-order chi connectivity index (χ0) is 24.9. The Morgan fingerprint density at radius 1 is 1.06 bits per heavy atom. The van der Waals surface area contributed by atoms with Gasteiger partial charge < -0.3 is 20.1 Å². The fourth-order valence-electron chi connectivity index (χ4n) is 3.29. The molecule has 2 heterocycles. The van der Waals surface area contributed by atoms with Crippen LogP contribution in [0.15, 0.2) is 60.9 Å². The summed E-state index contributed by atoms with van der Waals surface area (Å²) in [6.45, 7) is 4.08. The number of carbonyl (C=O) groups is 1. The van der Waals surface area contributed by atoms with Crippen LogP contribution in [0.2, 0.25) is 5.02 Å². The Balaban J connectivity index is 1.54. The second-order valence-corrected chi connectivity index (χ2v) is 8.29. The fourth-order valence-corrected chi connectivity index (χ4v) is 3.48. The summed E-state index contributed by atoms with van der Waals surface area (Å²) in [7, 11) is 3.12. The number of nitrogens with one attached hydrogen (secondary N) is 2. The Hall–Kier alpha value is -4.11. The van der Waals surface area contributed by atoms with E-state index in [2.05, 4.69) is 25.7 Å². The molecular weight excluding hydrogens is 468 g/mol. The number of hydrogen-bond donors (Lipinski definition) is 2. The van der Waals surface area contributed by atoms with E-state index in [9.17, 15) is 4.79 Å². The van der Waals surface area contributed by atoms with Gasteiger partial charge in [-0.15, -0.1) is 0 Å². The molecule has 0 atom stereocenters. The number of halogens is 1. The Bertz CT molecular complexity index is 1340. The minimum atomic E-state index is -0.272. The van der Waals surface area contributed by atoms with Gasteiger partial charge in [0, 0.05) is 23.5 Å². The normalized spacial score (nSPS) is 10.8. The van der Waals surface area contributed by atoms with Crippen molar-refractivity contribution < 1.29 is 14.3 Å². The number of ether oxygens (including phenoxy) is 2. The van der Waals surface area contributed by atoms with Crippen LogP contribution in [0.25, 0.3) is 11.4 Å². The molecule has 180 valence electrons. The molecule has 1 amide bonds. The summed E-state index contributed by atoms with van der Waals surface area (Å²) in [4.78, 5) is 21.5. The Labute approximate surface area is 208 Å². The Morgan fingerprint density at radius 2 is 1.83 bits per heavy atom. The van der Waals surface area contributed by atoms with E-state index >= 15 is 0 Å². The lowest BCUT2D eigenvalue weighted by molar-refractivity contribution is 0.102. The van der Waals surface area contributed by atoms with Gasteiger partial charge in [0.05, 0.1) is 31.1 Å². The lowest BCUT2D eigenvalue weighted by atomic mass is 10.1. The van der Waals surface area contributed by atoms with Crippen LogP contribution in [-0.2, 0) is 0 Å². The first-order chi connectivity index (χ1) is 16.9. The zero-order valence-electron chi connectivity index (χ0n) is 19.7. The molecule has 0 aliphatic heterocycles. The van der Waals surface area contributed by atoms with E-state index in [0.717, 1.165) is 0 Å². The molecule has 0 saturated carbocycles. The average Bonchev–Trinajstić information content (AvgIpc) is 3.36. The molecule has 2 aromatic heterocycles. The number of hydrogen-bond acceptors (Lipinski definition) is 7. The van der Waals surface area contributed by atoms with Crippen molar-refractivity contribution in [1.82, 2.24) is 19.7 Å². The molecule has 0 aliphatic rings. The quantitative estimate of drug-likeness (QED) is 0.330. The van der Waals surface area contributed by atoms with Gasteiger partial charge in [-0.3, -0.25) is 9.48 Å². The number of anilines is 3. The lowest BCUT2D eigenvalue weighted by Crippen LogP contribution is -2.12. The summed E-state index contributed by atoms with van der Waals surface area (Å²) in [5.41, 5.74) is 2.83.